The summed E-state index contributed by atoms with van der Waals surface area (Å²) in [4.78, 5) is 55.2. The van der Waals surface area contributed by atoms with Gasteiger partial charge in [0.1, 0.15) is 5.78 Å². The molecule has 6 nitrogen and oxygen atoms in total. The molecule has 1 fully saturated rings. The highest BCUT2D eigenvalue weighted by Gasteiger charge is 2.70. The van der Waals surface area contributed by atoms with E-state index in [0.717, 1.165) is 22.3 Å². The number of hydrogen-bond donors (Lipinski definition) is 0. The number of carbonyl (C=O) groups excluding carboxylic acids is 4. The van der Waals surface area contributed by atoms with Gasteiger partial charge in [-0.05, 0) is 54.3 Å². The van der Waals surface area contributed by atoms with E-state index in [0.29, 0.717) is 5.69 Å². The molecule has 0 saturated carbocycles. The molecule has 4 aliphatic rings. The van der Waals surface area contributed by atoms with Gasteiger partial charge < -0.3 is 4.74 Å². The van der Waals surface area contributed by atoms with Crippen molar-refractivity contribution < 1.29 is 23.9 Å². The summed E-state index contributed by atoms with van der Waals surface area (Å²) in [7, 11) is 0. The second kappa shape index (κ2) is 7.47. The Morgan fingerprint density at radius 1 is 0.886 bits per heavy atom. The minimum atomic E-state index is -1.24. The summed E-state index contributed by atoms with van der Waals surface area (Å²) in [6.45, 7) is 3.44. The van der Waals surface area contributed by atoms with Gasteiger partial charge in [0.15, 0.2) is 0 Å². The van der Waals surface area contributed by atoms with E-state index in [1.54, 1.807) is 25.1 Å². The normalized spacial score (nSPS) is 25.7. The van der Waals surface area contributed by atoms with Gasteiger partial charge in [0.25, 0.3) is 0 Å². The highest BCUT2D eigenvalue weighted by Crippen LogP contribution is 2.64. The maximum absolute atomic E-state index is 14.1. The number of benzene rings is 3. The van der Waals surface area contributed by atoms with Gasteiger partial charge in [0.2, 0.25) is 11.8 Å². The molecule has 0 spiro atoms. The van der Waals surface area contributed by atoms with Gasteiger partial charge in [-0.25, -0.2) is 9.69 Å². The lowest BCUT2D eigenvalue weighted by Crippen LogP contribution is -2.57. The molecule has 2 bridgehead atoms. The molecule has 3 aromatic carbocycles. The summed E-state index contributed by atoms with van der Waals surface area (Å²) in [5.74, 6) is -3.33. The first kappa shape index (κ1) is 21.5. The summed E-state index contributed by atoms with van der Waals surface area (Å²) in [6, 6.07) is 21.7. The van der Waals surface area contributed by atoms with Crippen molar-refractivity contribution in [3.8, 4) is 0 Å². The Hall–Kier alpha value is -4.06. The number of imide groups is 1. The topological polar surface area (TPSA) is 80.8 Å². The molecular weight excluding hydrogens is 442 g/mol. The van der Waals surface area contributed by atoms with Crippen molar-refractivity contribution in [1.29, 1.82) is 0 Å². The number of rotatable bonds is 4. The molecular formula is C29H23NO5. The first-order valence-corrected chi connectivity index (χ1v) is 11.8. The van der Waals surface area contributed by atoms with Crippen LogP contribution in [0.2, 0.25) is 0 Å². The molecule has 1 aliphatic heterocycles. The molecule has 35 heavy (non-hydrogen) atoms. The van der Waals surface area contributed by atoms with E-state index in [4.69, 9.17) is 4.74 Å². The van der Waals surface area contributed by atoms with Crippen LogP contribution < -0.4 is 4.90 Å². The van der Waals surface area contributed by atoms with Gasteiger partial charge in [-0.3, -0.25) is 14.4 Å². The van der Waals surface area contributed by atoms with Crippen LogP contribution >= 0.6 is 0 Å². The summed E-state index contributed by atoms with van der Waals surface area (Å²) in [5.41, 5.74) is 2.78. The van der Waals surface area contributed by atoms with Crippen molar-refractivity contribution in [1.82, 2.24) is 0 Å². The van der Waals surface area contributed by atoms with Gasteiger partial charge in [-0.1, -0.05) is 54.6 Å². The van der Waals surface area contributed by atoms with Crippen molar-refractivity contribution in [3.63, 3.8) is 0 Å². The maximum atomic E-state index is 14.1. The van der Waals surface area contributed by atoms with Gasteiger partial charge in [0.05, 0.1) is 35.1 Å². The fourth-order valence-electron chi connectivity index (χ4n) is 6.61. The van der Waals surface area contributed by atoms with E-state index in [9.17, 15) is 19.2 Å². The Kier molecular flexibility index (Phi) is 4.58. The zero-order chi connectivity index (χ0) is 24.5. The van der Waals surface area contributed by atoms with Crippen LogP contribution in [0.3, 0.4) is 0 Å². The van der Waals surface area contributed by atoms with E-state index in [1.165, 1.54) is 17.9 Å². The molecule has 0 N–H and O–H groups in total. The number of carbonyl (C=O) groups is 4. The molecule has 2 unspecified atom stereocenters. The lowest BCUT2D eigenvalue weighted by atomic mass is 9.46. The first-order chi connectivity index (χ1) is 16.9. The standard InChI is InChI=1S/C29H23NO5/c1-3-35-28(34)17-9-8-10-18(15-17)30-26(32)24-23-19-11-4-6-13-21(19)29(16(2)31,25(24)27(30)33)22-14-7-5-12-20(22)23/h4-15,23-25H,3H2,1-2H3. The average Bonchev–Trinajstić information content (AvgIpc) is 3.14. The van der Waals surface area contributed by atoms with E-state index >= 15 is 0 Å². The highest BCUT2D eigenvalue weighted by atomic mass is 16.5. The third kappa shape index (κ3) is 2.59. The number of ether oxygens (including phenoxy) is 1. The van der Waals surface area contributed by atoms with E-state index in [2.05, 4.69) is 0 Å². The highest BCUT2D eigenvalue weighted by molar-refractivity contribution is 6.25. The van der Waals surface area contributed by atoms with Crippen LogP contribution in [-0.2, 0) is 24.5 Å². The van der Waals surface area contributed by atoms with Crippen LogP contribution in [0.15, 0.2) is 72.8 Å². The summed E-state index contributed by atoms with van der Waals surface area (Å²) in [6.07, 6.45) is 0. The Labute approximate surface area is 202 Å². The summed E-state index contributed by atoms with van der Waals surface area (Å²) in [5, 5.41) is 0. The van der Waals surface area contributed by atoms with Crippen molar-refractivity contribution >= 4 is 29.3 Å². The minimum Gasteiger partial charge on any atom is -0.462 e. The van der Waals surface area contributed by atoms with Crippen molar-refractivity contribution in [2.24, 2.45) is 11.8 Å². The lowest BCUT2D eigenvalue weighted by molar-refractivity contribution is -0.132. The van der Waals surface area contributed by atoms with Crippen LogP contribution in [0.4, 0.5) is 5.69 Å². The van der Waals surface area contributed by atoms with Crippen LogP contribution in [0.25, 0.3) is 0 Å². The lowest BCUT2D eigenvalue weighted by Gasteiger charge is -2.52. The summed E-state index contributed by atoms with van der Waals surface area (Å²) >= 11 is 0. The largest absolute Gasteiger partial charge is 0.462 e. The Morgan fingerprint density at radius 3 is 2.11 bits per heavy atom. The summed E-state index contributed by atoms with van der Waals surface area (Å²) < 4.78 is 5.10. The third-order valence-electron chi connectivity index (χ3n) is 7.79. The second-order valence-corrected chi connectivity index (χ2v) is 9.30. The number of Topliss-reactive ketones (excluding diaryl/α,β-unsaturated/α-hetero) is 1. The second-order valence-electron chi connectivity index (χ2n) is 9.30. The maximum Gasteiger partial charge on any atom is 0.338 e. The Morgan fingerprint density at radius 2 is 1.51 bits per heavy atom. The minimum absolute atomic E-state index is 0.158. The first-order valence-electron chi connectivity index (χ1n) is 11.8. The molecule has 174 valence electrons. The number of ketones is 1. The predicted molar refractivity (Wildman–Crippen MR) is 128 cm³/mol. The number of esters is 1. The van der Waals surface area contributed by atoms with Gasteiger partial charge >= 0.3 is 5.97 Å². The molecule has 1 saturated heterocycles. The van der Waals surface area contributed by atoms with Crippen LogP contribution in [0, 0.1) is 11.8 Å². The van der Waals surface area contributed by atoms with E-state index in [-0.39, 0.29) is 29.8 Å². The van der Waals surface area contributed by atoms with Crippen LogP contribution in [0.5, 0.6) is 0 Å². The molecule has 3 aromatic rings. The van der Waals surface area contributed by atoms with Gasteiger partial charge in [-0.15, -0.1) is 0 Å². The zero-order valence-corrected chi connectivity index (χ0v) is 19.4. The van der Waals surface area contributed by atoms with Crippen molar-refractivity contribution in [3.05, 3.63) is 101 Å². The smallest absolute Gasteiger partial charge is 0.338 e. The third-order valence-corrected chi connectivity index (χ3v) is 7.79. The number of hydrogen-bond acceptors (Lipinski definition) is 5. The van der Waals surface area contributed by atoms with E-state index in [1.807, 2.05) is 48.5 Å². The molecule has 7 rings (SSSR count). The fraction of sp³-hybridized carbons (Fsp3) is 0.241. The molecule has 0 radical (unpaired) electrons. The fourth-order valence-corrected chi connectivity index (χ4v) is 6.61. The average molecular weight is 466 g/mol. The zero-order valence-electron chi connectivity index (χ0n) is 19.4. The number of anilines is 1. The Bertz CT molecular complexity index is 1390. The molecule has 6 heteroatoms. The Balaban J connectivity index is 1.57. The molecule has 3 aliphatic carbocycles. The molecule has 0 aromatic heterocycles. The monoisotopic (exact) mass is 465 g/mol. The predicted octanol–water partition coefficient (Wildman–Crippen LogP) is 4.00. The molecule has 2 atom stereocenters. The molecule has 2 amide bonds. The van der Waals surface area contributed by atoms with Crippen LogP contribution in [-0.4, -0.2) is 30.2 Å². The van der Waals surface area contributed by atoms with Crippen molar-refractivity contribution in [2.45, 2.75) is 25.2 Å². The van der Waals surface area contributed by atoms with Gasteiger partial charge in [0, 0.05) is 5.92 Å². The van der Waals surface area contributed by atoms with Crippen LogP contribution in [0.1, 0.15) is 52.4 Å². The van der Waals surface area contributed by atoms with Crippen molar-refractivity contribution in [2.75, 3.05) is 11.5 Å². The SMILES string of the molecule is CCOC(=O)c1cccc(N2C(=O)C3C4c5ccccc5C(C(C)=O)(c5ccccc54)C3C2=O)c1. The number of nitrogens with zero attached hydrogens (tertiary/aromatic N) is 1. The van der Waals surface area contributed by atoms with E-state index < -0.39 is 29.1 Å². The number of amides is 2. The quantitative estimate of drug-likeness (QED) is 0.430. The molecule has 1 heterocycles. The van der Waals surface area contributed by atoms with Gasteiger partial charge in [-0.2, -0.15) is 0 Å².